The Balaban J connectivity index is 1.71. The Labute approximate surface area is 109 Å². The van der Waals surface area contributed by atoms with E-state index in [-0.39, 0.29) is 18.1 Å². The Hall–Kier alpha value is -1.35. The molecule has 0 unspecified atom stereocenters. The van der Waals surface area contributed by atoms with Gasteiger partial charge in [0.2, 0.25) is 5.91 Å². The van der Waals surface area contributed by atoms with Crippen molar-refractivity contribution in [3.05, 3.63) is 35.9 Å². The predicted molar refractivity (Wildman–Crippen MR) is 71.3 cm³/mol. The van der Waals surface area contributed by atoms with Gasteiger partial charge in [-0.3, -0.25) is 4.79 Å². The number of carbonyl (C=O) groups excluding carboxylic acids is 1. The lowest BCUT2D eigenvalue weighted by atomic mass is 10.1. The third-order valence-electron chi connectivity index (χ3n) is 3.32. The van der Waals surface area contributed by atoms with Crippen molar-refractivity contribution < 1.29 is 9.53 Å². The maximum Gasteiger partial charge on any atom is 0.249 e. The number of amides is 1. The van der Waals surface area contributed by atoms with Crippen LogP contribution >= 0.6 is 0 Å². The second kappa shape index (κ2) is 6.55. The normalized spacial score (nSPS) is 20.6. The summed E-state index contributed by atoms with van der Waals surface area (Å²) in [6, 6.07) is 10.5. The fraction of sp³-hybridized carbons (Fsp3) is 0.533. The first-order valence-electron chi connectivity index (χ1n) is 6.71. The fourth-order valence-electron chi connectivity index (χ4n) is 2.22. The second-order valence-corrected chi connectivity index (χ2v) is 4.94. The smallest absolute Gasteiger partial charge is 0.249 e. The van der Waals surface area contributed by atoms with Crippen molar-refractivity contribution in [2.45, 2.75) is 44.8 Å². The summed E-state index contributed by atoms with van der Waals surface area (Å²) in [4.78, 5) is 11.8. The first-order valence-corrected chi connectivity index (χ1v) is 6.71. The highest BCUT2D eigenvalue weighted by atomic mass is 16.5. The van der Waals surface area contributed by atoms with Gasteiger partial charge in [0.1, 0.15) is 6.10 Å². The summed E-state index contributed by atoms with van der Waals surface area (Å²) in [5.74, 6) is 0.0491. The van der Waals surface area contributed by atoms with Crippen molar-refractivity contribution in [3.63, 3.8) is 0 Å². The summed E-state index contributed by atoms with van der Waals surface area (Å²) < 4.78 is 5.37. The van der Waals surface area contributed by atoms with E-state index < -0.39 is 0 Å². The molecule has 1 saturated heterocycles. The molecule has 0 radical (unpaired) electrons. The standard InChI is InChI=1S/C15H21NO2/c1-12(9-10-13-6-3-2-4-7-13)16-15(17)14-8-5-11-18-14/h2-4,6-7,12,14H,5,8-11H2,1H3,(H,16,17)/t12-,14+/m1/s1. The van der Waals surface area contributed by atoms with Gasteiger partial charge in [0, 0.05) is 12.6 Å². The predicted octanol–water partition coefficient (Wildman–Crippen LogP) is 2.30. The lowest BCUT2D eigenvalue weighted by molar-refractivity contribution is -0.130. The number of benzene rings is 1. The van der Waals surface area contributed by atoms with Gasteiger partial charge in [0.05, 0.1) is 0 Å². The molecule has 1 amide bonds. The number of ether oxygens (including phenoxy) is 1. The molecule has 3 nitrogen and oxygen atoms in total. The second-order valence-electron chi connectivity index (χ2n) is 4.94. The van der Waals surface area contributed by atoms with E-state index in [2.05, 4.69) is 24.4 Å². The van der Waals surface area contributed by atoms with Gasteiger partial charge in [-0.05, 0) is 38.2 Å². The van der Waals surface area contributed by atoms with E-state index in [0.29, 0.717) is 0 Å². The molecule has 2 atom stereocenters. The van der Waals surface area contributed by atoms with Crippen LogP contribution < -0.4 is 5.32 Å². The summed E-state index contributed by atoms with van der Waals surface area (Å²) in [5, 5.41) is 3.03. The van der Waals surface area contributed by atoms with Crippen LogP contribution in [-0.4, -0.2) is 24.7 Å². The molecule has 1 aromatic carbocycles. The minimum Gasteiger partial charge on any atom is -0.368 e. The Morgan fingerprint density at radius 3 is 2.89 bits per heavy atom. The zero-order chi connectivity index (χ0) is 12.8. The number of hydrogen-bond acceptors (Lipinski definition) is 2. The molecule has 1 fully saturated rings. The highest BCUT2D eigenvalue weighted by Gasteiger charge is 2.24. The third kappa shape index (κ3) is 3.84. The van der Waals surface area contributed by atoms with Crippen LogP contribution in [0, 0.1) is 0 Å². The van der Waals surface area contributed by atoms with Crippen LogP contribution in [0.3, 0.4) is 0 Å². The monoisotopic (exact) mass is 247 g/mol. The van der Waals surface area contributed by atoms with Crippen molar-refractivity contribution in [1.82, 2.24) is 5.32 Å². The van der Waals surface area contributed by atoms with Gasteiger partial charge in [-0.2, -0.15) is 0 Å². The molecule has 1 aliphatic rings. The van der Waals surface area contributed by atoms with Gasteiger partial charge in [-0.25, -0.2) is 0 Å². The molecular formula is C15H21NO2. The van der Waals surface area contributed by atoms with E-state index in [1.165, 1.54) is 5.56 Å². The molecule has 1 aromatic rings. The molecule has 98 valence electrons. The van der Waals surface area contributed by atoms with Gasteiger partial charge in [0.15, 0.2) is 0 Å². The SMILES string of the molecule is C[C@H](CCc1ccccc1)NC(=O)[C@@H]1CCCO1. The minimum atomic E-state index is -0.218. The zero-order valence-electron chi connectivity index (χ0n) is 10.9. The highest BCUT2D eigenvalue weighted by molar-refractivity contribution is 5.81. The van der Waals surface area contributed by atoms with Crippen molar-refractivity contribution in [2.24, 2.45) is 0 Å². The molecule has 0 spiro atoms. The molecule has 0 aromatic heterocycles. The van der Waals surface area contributed by atoms with Crippen molar-refractivity contribution in [1.29, 1.82) is 0 Å². The summed E-state index contributed by atoms with van der Waals surface area (Å²) >= 11 is 0. The number of aryl methyl sites for hydroxylation is 1. The molecular weight excluding hydrogens is 226 g/mol. The fourth-order valence-corrected chi connectivity index (χ4v) is 2.22. The van der Waals surface area contributed by atoms with Gasteiger partial charge in [-0.1, -0.05) is 30.3 Å². The van der Waals surface area contributed by atoms with Gasteiger partial charge >= 0.3 is 0 Å². The van der Waals surface area contributed by atoms with Gasteiger partial charge in [0.25, 0.3) is 0 Å². The maximum absolute atomic E-state index is 11.8. The van der Waals surface area contributed by atoms with E-state index in [0.717, 1.165) is 32.3 Å². The Morgan fingerprint density at radius 1 is 1.44 bits per heavy atom. The topological polar surface area (TPSA) is 38.3 Å². The lowest BCUT2D eigenvalue weighted by Crippen LogP contribution is -2.39. The quantitative estimate of drug-likeness (QED) is 0.867. The maximum atomic E-state index is 11.8. The minimum absolute atomic E-state index is 0.0491. The van der Waals surface area contributed by atoms with E-state index in [9.17, 15) is 4.79 Å². The third-order valence-corrected chi connectivity index (χ3v) is 3.32. The first-order chi connectivity index (χ1) is 8.75. The number of nitrogens with one attached hydrogen (secondary N) is 1. The summed E-state index contributed by atoms with van der Waals surface area (Å²) in [7, 11) is 0. The molecule has 2 rings (SSSR count). The summed E-state index contributed by atoms with van der Waals surface area (Å²) in [6.45, 7) is 2.77. The van der Waals surface area contributed by atoms with E-state index in [1.807, 2.05) is 18.2 Å². The average Bonchev–Trinajstić information content (AvgIpc) is 2.91. The molecule has 1 N–H and O–H groups in total. The number of carbonyl (C=O) groups is 1. The van der Waals surface area contributed by atoms with Crippen molar-refractivity contribution in [2.75, 3.05) is 6.61 Å². The molecule has 0 aliphatic carbocycles. The first kappa shape index (κ1) is 13.1. The van der Waals surface area contributed by atoms with E-state index in [4.69, 9.17) is 4.74 Å². The average molecular weight is 247 g/mol. The van der Waals surface area contributed by atoms with Crippen LogP contribution in [0.15, 0.2) is 30.3 Å². The Kier molecular flexibility index (Phi) is 4.76. The van der Waals surface area contributed by atoms with Crippen molar-refractivity contribution in [3.8, 4) is 0 Å². The molecule has 1 heterocycles. The number of hydrogen-bond donors (Lipinski definition) is 1. The van der Waals surface area contributed by atoms with Crippen LogP contribution in [0.4, 0.5) is 0 Å². The van der Waals surface area contributed by atoms with Crippen molar-refractivity contribution >= 4 is 5.91 Å². The summed E-state index contributed by atoms with van der Waals surface area (Å²) in [6.07, 6.45) is 3.59. The largest absolute Gasteiger partial charge is 0.368 e. The van der Waals surface area contributed by atoms with Crippen LogP contribution in [0.2, 0.25) is 0 Å². The number of rotatable bonds is 5. The van der Waals surface area contributed by atoms with Crippen LogP contribution in [0.25, 0.3) is 0 Å². The lowest BCUT2D eigenvalue weighted by Gasteiger charge is -2.16. The molecule has 0 saturated carbocycles. The molecule has 0 bridgehead atoms. The van der Waals surface area contributed by atoms with Crippen LogP contribution in [0.5, 0.6) is 0 Å². The van der Waals surface area contributed by atoms with Crippen LogP contribution in [-0.2, 0) is 16.0 Å². The molecule has 18 heavy (non-hydrogen) atoms. The Bertz CT molecular complexity index is 371. The molecule has 1 aliphatic heterocycles. The van der Waals surface area contributed by atoms with E-state index in [1.54, 1.807) is 0 Å². The van der Waals surface area contributed by atoms with E-state index >= 15 is 0 Å². The summed E-state index contributed by atoms with van der Waals surface area (Å²) in [5.41, 5.74) is 1.32. The highest BCUT2D eigenvalue weighted by Crippen LogP contribution is 2.12. The van der Waals surface area contributed by atoms with Gasteiger partial charge in [-0.15, -0.1) is 0 Å². The Morgan fingerprint density at radius 2 is 2.22 bits per heavy atom. The molecule has 3 heteroatoms. The van der Waals surface area contributed by atoms with Crippen LogP contribution in [0.1, 0.15) is 31.7 Å². The zero-order valence-corrected chi connectivity index (χ0v) is 10.9. The van der Waals surface area contributed by atoms with Gasteiger partial charge < -0.3 is 10.1 Å².